The number of nitro groups is 1. The third kappa shape index (κ3) is 3.52. The first-order valence-electron chi connectivity index (χ1n) is 6.54. The van der Waals surface area contributed by atoms with Crippen LogP contribution >= 0.6 is 11.3 Å². The summed E-state index contributed by atoms with van der Waals surface area (Å²) in [5.74, 6) is 0.477. The molecule has 1 heterocycles. The summed E-state index contributed by atoms with van der Waals surface area (Å²) in [5, 5.41) is 16.4. The van der Waals surface area contributed by atoms with E-state index in [-0.39, 0.29) is 11.1 Å². The first-order chi connectivity index (χ1) is 9.94. The molecule has 0 atom stereocenters. The van der Waals surface area contributed by atoms with E-state index in [1.807, 2.05) is 11.4 Å². The van der Waals surface area contributed by atoms with E-state index in [0.717, 1.165) is 0 Å². The molecule has 5 nitrogen and oxygen atoms in total. The minimum atomic E-state index is -0.400. The Morgan fingerprint density at radius 2 is 2.14 bits per heavy atom. The number of anilines is 1. The molecular weight excluding hydrogens is 288 g/mol. The van der Waals surface area contributed by atoms with Crippen LogP contribution in [0.5, 0.6) is 5.75 Å². The molecule has 0 amide bonds. The Balaban J connectivity index is 2.18. The van der Waals surface area contributed by atoms with Gasteiger partial charge in [0.1, 0.15) is 11.4 Å². The number of thiophene rings is 1. The van der Waals surface area contributed by atoms with E-state index in [9.17, 15) is 10.1 Å². The predicted octanol–water partition coefficient (Wildman–Crippen LogP) is 4.05. The zero-order chi connectivity index (χ0) is 15.5. The fraction of sp³-hybridized carbons (Fsp3) is 0.333. The van der Waals surface area contributed by atoms with Crippen LogP contribution in [0.2, 0.25) is 0 Å². The molecule has 0 aliphatic heterocycles. The van der Waals surface area contributed by atoms with Crippen molar-refractivity contribution in [2.24, 2.45) is 0 Å². The van der Waals surface area contributed by atoms with Crippen molar-refractivity contribution in [1.29, 1.82) is 0 Å². The normalized spacial score (nSPS) is 11.2. The van der Waals surface area contributed by atoms with Crippen LogP contribution in [0.15, 0.2) is 35.7 Å². The lowest BCUT2D eigenvalue weighted by atomic mass is 9.91. The monoisotopic (exact) mass is 306 g/mol. The number of nitrogens with one attached hydrogen (secondary N) is 1. The van der Waals surface area contributed by atoms with E-state index in [0.29, 0.717) is 18.0 Å². The summed E-state index contributed by atoms with van der Waals surface area (Å²) in [6.45, 7) is 4.84. The van der Waals surface area contributed by atoms with Gasteiger partial charge in [0.2, 0.25) is 0 Å². The Labute approximate surface area is 127 Å². The van der Waals surface area contributed by atoms with Gasteiger partial charge in [-0.1, -0.05) is 19.9 Å². The molecule has 0 fully saturated rings. The van der Waals surface area contributed by atoms with Crippen molar-refractivity contribution in [3.8, 4) is 5.75 Å². The van der Waals surface area contributed by atoms with Gasteiger partial charge < -0.3 is 10.1 Å². The second-order valence-corrected chi connectivity index (χ2v) is 6.30. The Morgan fingerprint density at radius 1 is 1.38 bits per heavy atom. The molecule has 112 valence electrons. The maximum Gasteiger partial charge on any atom is 0.296 e. The van der Waals surface area contributed by atoms with E-state index < -0.39 is 4.92 Å². The number of hydrogen-bond donors (Lipinski definition) is 1. The SMILES string of the molecule is COc1ccc(NCC(C)(C)c2cccs2)c([N+](=O)[O-])c1. The molecule has 2 rings (SSSR count). The Bertz CT molecular complexity index is 624. The van der Waals surface area contributed by atoms with Crippen LogP contribution in [0, 0.1) is 10.1 Å². The van der Waals surface area contributed by atoms with Crippen molar-refractivity contribution in [2.75, 3.05) is 19.0 Å². The summed E-state index contributed by atoms with van der Waals surface area (Å²) in [7, 11) is 1.49. The van der Waals surface area contributed by atoms with Crippen LogP contribution in [0.25, 0.3) is 0 Å². The second kappa shape index (κ2) is 6.13. The Kier molecular flexibility index (Phi) is 4.47. The zero-order valence-electron chi connectivity index (χ0n) is 12.3. The molecule has 0 spiro atoms. The first kappa shape index (κ1) is 15.3. The summed E-state index contributed by atoms with van der Waals surface area (Å²) in [6, 6.07) is 8.92. The van der Waals surface area contributed by atoms with Crippen molar-refractivity contribution in [1.82, 2.24) is 0 Å². The average molecular weight is 306 g/mol. The van der Waals surface area contributed by atoms with Crippen molar-refractivity contribution >= 4 is 22.7 Å². The molecule has 0 saturated heterocycles. The molecule has 0 radical (unpaired) electrons. The molecule has 0 saturated carbocycles. The highest BCUT2D eigenvalue weighted by molar-refractivity contribution is 7.10. The van der Waals surface area contributed by atoms with Gasteiger partial charge in [-0.2, -0.15) is 0 Å². The van der Waals surface area contributed by atoms with Crippen LogP contribution in [-0.4, -0.2) is 18.6 Å². The lowest BCUT2D eigenvalue weighted by molar-refractivity contribution is -0.384. The fourth-order valence-corrected chi connectivity index (χ4v) is 2.86. The standard InChI is InChI=1S/C15H18N2O3S/c1-15(2,14-5-4-8-21-14)10-16-12-7-6-11(20-3)9-13(12)17(18)19/h4-9,16H,10H2,1-3H3. The van der Waals surface area contributed by atoms with E-state index in [1.165, 1.54) is 18.1 Å². The van der Waals surface area contributed by atoms with Gasteiger partial charge >= 0.3 is 0 Å². The number of ether oxygens (including phenoxy) is 1. The smallest absolute Gasteiger partial charge is 0.296 e. The minimum absolute atomic E-state index is 0.0244. The van der Waals surface area contributed by atoms with Gasteiger partial charge in [0, 0.05) is 16.8 Å². The first-order valence-corrected chi connectivity index (χ1v) is 7.42. The van der Waals surface area contributed by atoms with Crippen LogP contribution in [-0.2, 0) is 5.41 Å². The zero-order valence-corrected chi connectivity index (χ0v) is 13.1. The Morgan fingerprint density at radius 3 is 2.71 bits per heavy atom. The van der Waals surface area contributed by atoms with Crippen LogP contribution < -0.4 is 10.1 Å². The number of nitro benzene ring substituents is 1. The highest BCUT2D eigenvalue weighted by Crippen LogP contribution is 2.32. The maximum absolute atomic E-state index is 11.2. The lowest BCUT2D eigenvalue weighted by Crippen LogP contribution is -2.26. The molecule has 0 bridgehead atoms. The summed E-state index contributed by atoms with van der Waals surface area (Å²) in [4.78, 5) is 12.0. The molecule has 6 heteroatoms. The van der Waals surface area contributed by atoms with Gasteiger partial charge in [-0.05, 0) is 23.6 Å². The van der Waals surface area contributed by atoms with Crippen molar-refractivity contribution in [2.45, 2.75) is 19.3 Å². The number of nitrogens with zero attached hydrogens (tertiary/aromatic N) is 1. The number of hydrogen-bond acceptors (Lipinski definition) is 5. The topological polar surface area (TPSA) is 64.4 Å². The van der Waals surface area contributed by atoms with Gasteiger partial charge in [0.15, 0.2) is 0 Å². The summed E-state index contributed by atoms with van der Waals surface area (Å²) >= 11 is 1.69. The van der Waals surface area contributed by atoms with Crippen molar-refractivity contribution < 1.29 is 9.66 Å². The van der Waals surface area contributed by atoms with Gasteiger partial charge in [0.25, 0.3) is 5.69 Å². The van der Waals surface area contributed by atoms with Crippen molar-refractivity contribution in [3.05, 3.63) is 50.7 Å². The van der Waals surface area contributed by atoms with E-state index in [2.05, 4.69) is 25.2 Å². The molecule has 2 aromatic rings. The molecule has 0 aliphatic carbocycles. The highest BCUT2D eigenvalue weighted by atomic mass is 32.1. The summed E-state index contributed by atoms with van der Waals surface area (Å²) in [5.41, 5.74) is 0.434. The second-order valence-electron chi connectivity index (χ2n) is 5.35. The third-order valence-electron chi connectivity index (χ3n) is 3.31. The van der Waals surface area contributed by atoms with E-state index in [4.69, 9.17) is 4.74 Å². The highest BCUT2D eigenvalue weighted by Gasteiger charge is 2.23. The average Bonchev–Trinajstić information content (AvgIpc) is 3.00. The molecule has 0 unspecified atom stereocenters. The fourth-order valence-electron chi connectivity index (χ4n) is 2.01. The number of benzene rings is 1. The molecule has 0 aliphatic rings. The minimum Gasteiger partial charge on any atom is -0.496 e. The number of rotatable bonds is 6. The van der Waals surface area contributed by atoms with Crippen LogP contribution in [0.4, 0.5) is 11.4 Å². The Hall–Kier alpha value is -2.08. The van der Waals surface area contributed by atoms with Crippen LogP contribution in [0.1, 0.15) is 18.7 Å². The predicted molar refractivity (Wildman–Crippen MR) is 85.5 cm³/mol. The van der Waals surface area contributed by atoms with E-state index >= 15 is 0 Å². The van der Waals surface area contributed by atoms with Gasteiger partial charge in [0.05, 0.1) is 18.1 Å². The summed E-state index contributed by atoms with van der Waals surface area (Å²) in [6.07, 6.45) is 0. The molecular formula is C15H18N2O3S. The molecule has 1 aromatic carbocycles. The van der Waals surface area contributed by atoms with Gasteiger partial charge in [-0.25, -0.2) is 0 Å². The van der Waals surface area contributed by atoms with Gasteiger partial charge in [-0.3, -0.25) is 10.1 Å². The van der Waals surface area contributed by atoms with E-state index in [1.54, 1.807) is 23.5 Å². The quantitative estimate of drug-likeness (QED) is 0.646. The molecule has 1 aromatic heterocycles. The largest absolute Gasteiger partial charge is 0.496 e. The molecule has 1 N–H and O–H groups in total. The third-order valence-corrected chi connectivity index (χ3v) is 4.55. The number of methoxy groups -OCH3 is 1. The van der Waals surface area contributed by atoms with Crippen molar-refractivity contribution in [3.63, 3.8) is 0 Å². The lowest BCUT2D eigenvalue weighted by Gasteiger charge is -2.24. The van der Waals surface area contributed by atoms with Gasteiger partial charge in [-0.15, -0.1) is 11.3 Å². The maximum atomic E-state index is 11.2. The van der Waals surface area contributed by atoms with Crippen LogP contribution in [0.3, 0.4) is 0 Å². The summed E-state index contributed by atoms with van der Waals surface area (Å²) < 4.78 is 5.03. The molecule has 21 heavy (non-hydrogen) atoms.